The molecule has 4 nitrogen and oxygen atoms in total. The van der Waals surface area contributed by atoms with Crippen molar-refractivity contribution in [3.63, 3.8) is 0 Å². The average molecular weight is 214 g/mol. The molecule has 7 heteroatoms. The van der Waals surface area contributed by atoms with Crippen LogP contribution >= 0.6 is 0 Å². The summed E-state index contributed by atoms with van der Waals surface area (Å²) in [5.74, 6) is -1.49. The molecule has 0 atom stereocenters. The predicted molar refractivity (Wildman–Crippen MR) is 46.7 cm³/mol. The monoisotopic (exact) mass is 214 g/mol. The Labute approximate surface area is 82.0 Å². The van der Waals surface area contributed by atoms with Crippen LogP contribution in [0.25, 0.3) is 11.0 Å². The fourth-order valence-corrected chi connectivity index (χ4v) is 1.11. The van der Waals surface area contributed by atoms with E-state index in [0.717, 1.165) is 0 Å². The zero-order chi connectivity index (χ0) is 11.1. The first-order valence-corrected chi connectivity index (χ1v) is 3.94. The number of halogens is 3. The van der Waals surface area contributed by atoms with Crippen molar-refractivity contribution in [3.05, 3.63) is 24.2 Å². The molecule has 0 amide bonds. The minimum atomic E-state index is -4.61. The third kappa shape index (κ3) is 1.67. The molecule has 0 bridgehead atoms. The number of pyridine rings is 1. The maximum absolute atomic E-state index is 12.3. The first kappa shape index (κ1) is 9.63. The van der Waals surface area contributed by atoms with Gasteiger partial charge >= 0.3 is 6.18 Å². The van der Waals surface area contributed by atoms with E-state index in [2.05, 4.69) is 15.0 Å². The van der Waals surface area contributed by atoms with E-state index in [-0.39, 0.29) is 11.5 Å². The van der Waals surface area contributed by atoms with Crippen LogP contribution in [0.2, 0.25) is 0 Å². The Morgan fingerprint density at radius 3 is 2.60 bits per heavy atom. The second-order valence-electron chi connectivity index (χ2n) is 2.80. The van der Waals surface area contributed by atoms with Gasteiger partial charge in [0.2, 0.25) is 5.82 Å². The van der Waals surface area contributed by atoms with E-state index in [1.165, 1.54) is 12.3 Å². The standard InChI is InChI=1S/C8H5F3N4/c9-8(10,11)7-14-5(12)4-2-1-3-13-6(4)15-7/h1-3H,(H2,12,13,14,15). The minimum Gasteiger partial charge on any atom is -0.383 e. The molecule has 0 saturated carbocycles. The molecule has 0 unspecified atom stereocenters. The lowest BCUT2D eigenvalue weighted by molar-refractivity contribution is -0.144. The number of nitrogens with two attached hydrogens (primary N) is 1. The van der Waals surface area contributed by atoms with Crippen LogP contribution in [-0.2, 0) is 6.18 Å². The fourth-order valence-electron chi connectivity index (χ4n) is 1.11. The van der Waals surface area contributed by atoms with Gasteiger partial charge in [-0.15, -0.1) is 0 Å². The molecule has 0 aromatic carbocycles. The summed E-state index contributed by atoms with van der Waals surface area (Å²) >= 11 is 0. The Balaban J connectivity index is 2.73. The topological polar surface area (TPSA) is 64.7 Å². The molecule has 0 aliphatic heterocycles. The molecule has 2 aromatic heterocycles. The van der Waals surface area contributed by atoms with Crippen molar-refractivity contribution in [2.24, 2.45) is 0 Å². The number of aromatic nitrogens is 3. The predicted octanol–water partition coefficient (Wildman–Crippen LogP) is 1.63. The summed E-state index contributed by atoms with van der Waals surface area (Å²) < 4.78 is 36.9. The van der Waals surface area contributed by atoms with Gasteiger partial charge in [0.25, 0.3) is 0 Å². The summed E-state index contributed by atoms with van der Waals surface area (Å²) in [5.41, 5.74) is 5.30. The van der Waals surface area contributed by atoms with E-state index >= 15 is 0 Å². The van der Waals surface area contributed by atoms with Crippen LogP contribution < -0.4 is 5.73 Å². The quantitative estimate of drug-likeness (QED) is 0.723. The number of rotatable bonds is 0. The van der Waals surface area contributed by atoms with Crippen LogP contribution in [0, 0.1) is 0 Å². The number of nitrogen functional groups attached to an aromatic ring is 1. The Morgan fingerprint density at radius 1 is 1.20 bits per heavy atom. The average Bonchev–Trinajstić information content (AvgIpc) is 2.16. The Hall–Kier alpha value is -1.92. The van der Waals surface area contributed by atoms with E-state index < -0.39 is 12.0 Å². The van der Waals surface area contributed by atoms with Gasteiger partial charge < -0.3 is 5.73 Å². The van der Waals surface area contributed by atoms with Gasteiger partial charge in [0.1, 0.15) is 5.82 Å². The zero-order valence-corrected chi connectivity index (χ0v) is 7.28. The lowest BCUT2D eigenvalue weighted by Gasteiger charge is -2.06. The highest BCUT2D eigenvalue weighted by Crippen LogP contribution is 2.28. The third-order valence-corrected chi connectivity index (χ3v) is 1.75. The molecule has 0 radical (unpaired) electrons. The summed E-state index contributed by atoms with van der Waals surface area (Å²) in [5, 5.41) is 0.311. The van der Waals surface area contributed by atoms with Gasteiger partial charge in [0, 0.05) is 6.20 Å². The normalized spacial score (nSPS) is 11.9. The molecule has 2 N–H and O–H groups in total. The van der Waals surface area contributed by atoms with Crippen LogP contribution in [0.5, 0.6) is 0 Å². The van der Waals surface area contributed by atoms with Crippen LogP contribution in [0.15, 0.2) is 18.3 Å². The van der Waals surface area contributed by atoms with Crippen molar-refractivity contribution in [2.45, 2.75) is 6.18 Å². The fraction of sp³-hybridized carbons (Fsp3) is 0.125. The van der Waals surface area contributed by atoms with E-state index in [1.54, 1.807) is 6.07 Å². The molecule has 0 saturated heterocycles. The van der Waals surface area contributed by atoms with Gasteiger partial charge in [-0.1, -0.05) is 0 Å². The Kier molecular flexibility index (Phi) is 1.95. The van der Waals surface area contributed by atoms with Gasteiger partial charge in [0.05, 0.1) is 5.39 Å². The molecule has 2 heterocycles. The van der Waals surface area contributed by atoms with E-state index in [0.29, 0.717) is 5.39 Å². The molecule has 0 fully saturated rings. The van der Waals surface area contributed by atoms with Crippen molar-refractivity contribution < 1.29 is 13.2 Å². The van der Waals surface area contributed by atoms with E-state index in [1.807, 2.05) is 0 Å². The summed E-state index contributed by atoms with van der Waals surface area (Å²) in [6.07, 6.45) is -3.27. The SMILES string of the molecule is Nc1nc(C(F)(F)F)nc2ncccc12. The highest BCUT2D eigenvalue weighted by atomic mass is 19.4. The smallest absolute Gasteiger partial charge is 0.383 e. The first-order chi connectivity index (χ1) is 6.98. The molecule has 2 aromatic rings. The minimum absolute atomic E-state index is 0.0580. The molecule has 0 aliphatic rings. The number of hydrogen-bond acceptors (Lipinski definition) is 4. The van der Waals surface area contributed by atoms with Crippen molar-refractivity contribution in [1.82, 2.24) is 15.0 Å². The largest absolute Gasteiger partial charge is 0.451 e. The summed E-state index contributed by atoms with van der Waals surface area (Å²) in [6.45, 7) is 0. The van der Waals surface area contributed by atoms with Crippen molar-refractivity contribution >= 4 is 16.9 Å². The van der Waals surface area contributed by atoms with Crippen LogP contribution in [0.1, 0.15) is 5.82 Å². The lowest BCUT2D eigenvalue weighted by Crippen LogP contribution is -2.13. The highest BCUT2D eigenvalue weighted by Gasteiger charge is 2.35. The summed E-state index contributed by atoms with van der Waals surface area (Å²) in [6, 6.07) is 3.06. The number of fused-ring (bicyclic) bond motifs is 1. The van der Waals surface area contributed by atoms with Crippen LogP contribution in [0.4, 0.5) is 19.0 Å². The first-order valence-electron chi connectivity index (χ1n) is 3.94. The number of hydrogen-bond donors (Lipinski definition) is 1. The molecule has 0 spiro atoms. The van der Waals surface area contributed by atoms with E-state index in [4.69, 9.17) is 5.73 Å². The van der Waals surface area contributed by atoms with Crippen molar-refractivity contribution in [2.75, 3.05) is 5.73 Å². The maximum Gasteiger partial charge on any atom is 0.451 e. The number of nitrogens with zero attached hydrogens (tertiary/aromatic N) is 3. The molecule has 2 rings (SSSR count). The second kappa shape index (κ2) is 3.04. The molecular formula is C8H5F3N4. The van der Waals surface area contributed by atoms with E-state index in [9.17, 15) is 13.2 Å². The number of anilines is 1. The van der Waals surface area contributed by atoms with Crippen LogP contribution in [0.3, 0.4) is 0 Å². The Morgan fingerprint density at radius 2 is 1.93 bits per heavy atom. The van der Waals surface area contributed by atoms with Crippen LogP contribution in [-0.4, -0.2) is 15.0 Å². The van der Waals surface area contributed by atoms with Crippen molar-refractivity contribution in [3.8, 4) is 0 Å². The number of alkyl halides is 3. The summed E-state index contributed by atoms with van der Waals surface area (Å²) in [4.78, 5) is 10.1. The maximum atomic E-state index is 12.3. The lowest BCUT2D eigenvalue weighted by atomic mass is 10.3. The van der Waals surface area contributed by atoms with Gasteiger partial charge in [0.15, 0.2) is 5.65 Å². The third-order valence-electron chi connectivity index (χ3n) is 1.75. The van der Waals surface area contributed by atoms with Gasteiger partial charge in [-0.3, -0.25) is 0 Å². The van der Waals surface area contributed by atoms with Crippen molar-refractivity contribution in [1.29, 1.82) is 0 Å². The molecule has 15 heavy (non-hydrogen) atoms. The molecule has 0 aliphatic carbocycles. The van der Waals surface area contributed by atoms with Gasteiger partial charge in [-0.05, 0) is 12.1 Å². The second-order valence-corrected chi connectivity index (χ2v) is 2.80. The zero-order valence-electron chi connectivity index (χ0n) is 7.28. The van der Waals surface area contributed by atoms with Gasteiger partial charge in [-0.25, -0.2) is 15.0 Å². The Bertz CT molecular complexity index is 509. The molecule has 78 valence electrons. The van der Waals surface area contributed by atoms with Gasteiger partial charge in [-0.2, -0.15) is 13.2 Å². The highest BCUT2D eigenvalue weighted by molar-refractivity contribution is 5.84. The molecular weight excluding hydrogens is 209 g/mol. The summed E-state index contributed by atoms with van der Waals surface area (Å²) in [7, 11) is 0.